The number of aromatic carboxylic acids is 1. The molecule has 1 aromatic heterocycles. The van der Waals surface area contributed by atoms with E-state index in [1.54, 1.807) is 6.92 Å². The molecular weight excluding hydrogens is 306 g/mol. The van der Waals surface area contributed by atoms with Gasteiger partial charge in [-0.15, -0.1) is 0 Å². The molecule has 0 bridgehead atoms. The summed E-state index contributed by atoms with van der Waals surface area (Å²) in [5.41, 5.74) is 0.863. The highest BCUT2D eigenvalue weighted by Crippen LogP contribution is 2.27. The molecule has 24 heavy (non-hydrogen) atoms. The second-order valence-corrected chi connectivity index (χ2v) is 6.39. The number of furan rings is 1. The standard InChI is InChI=1S/C19H23NO4/c1-5-15-14(18(22)23)11-16(24-15)17(21)20-12(2)19(3,4)13-9-7-6-8-10-13/h6-12H,5H2,1-4H3,(H,20,21)(H,22,23). The zero-order valence-corrected chi connectivity index (χ0v) is 14.4. The molecular formula is C19H23NO4. The van der Waals surface area contributed by atoms with Crippen LogP contribution in [0.4, 0.5) is 0 Å². The van der Waals surface area contributed by atoms with Crippen LogP contribution in [0.5, 0.6) is 0 Å². The maximum atomic E-state index is 12.4. The number of carbonyl (C=O) groups excluding carboxylic acids is 1. The van der Waals surface area contributed by atoms with Crippen LogP contribution in [0.1, 0.15) is 59.9 Å². The molecule has 2 N–H and O–H groups in total. The van der Waals surface area contributed by atoms with Crippen molar-refractivity contribution in [3.8, 4) is 0 Å². The Morgan fingerprint density at radius 1 is 1.25 bits per heavy atom. The van der Waals surface area contributed by atoms with Crippen LogP contribution in [-0.4, -0.2) is 23.0 Å². The Bertz CT molecular complexity index is 731. The highest BCUT2D eigenvalue weighted by molar-refractivity contribution is 5.96. The number of nitrogens with one attached hydrogen (secondary N) is 1. The van der Waals surface area contributed by atoms with Gasteiger partial charge in [0, 0.05) is 23.9 Å². The summed E-state index contributed by atoms with van der Waals surface area (Å²) in [6.45, 7) is 7.81. The van der Waals surface area contributed by atoms with Crippen LogP contribution in [0.25, 0.3) is 0 Å². The van der Waals surface area contributed by atoms with Gasteiger partial charge in [-0.05, 0) is 12.5 Å². The molecule has 0 saturated carbocycles. The van der Waals surface area contributed by atoms with Gasteiger partial charge in [0.15, 0.2) is 5.76 Å². The summed E-state index contributed by atoms with van der Waals surface area (Å²) in [6, 6.07) is 11.0. The maximum Gasteiger partial charge on any atom is 0.339 e. The Kier molecular flexibility index (Phi) is 5.12. The second-order valence-electron chi connectivity index (χ2n) is 6.39. The molecule has 1 unspecified atom stereocenters. The zero-order valence-electron chi connectivity index (χ0n) is 14.4. The number of carboxylic acid groups (broad SMARTS) is 1. The Hall–Kier alpha value is -2.56. The largest absolute Gasteiger partial charge is 0.478 e. The van der Waals surface area contributed by atoms with E-state index in [4.69, 9.17) is 9.52 Å². The van der Waals surface area contributed by atoms with Crippen molar-refractivity contribution in [2.75, 3.05) is 0 Å². The SMILES string of the molecule is CCc1oc(C(=O)NC(C)C(C)(C)c2ccccc2)cc1C(=O)O. The van der Waals surface area contributed by atoms with E-state index in [1.165, 1.54) is 6.07 Å². The number of rotatable bonds is 6. The predicted octanol–water partition coefficient (Wildman–Crippen LogP) is 3.64. The van der Waals surface area contributed by atoms with Crippen molar-refractivity contribution >= 4 is 11.9 Å². The van der Waals surface area contributed by atoms with Crippen LogP contribution in [0.15, 0.2) is 40.8 Å². The van der Waals surface area contributed by atoms with Gasteiger partial charge in [0.05, 0.1) is 0 Å². The summed E-state index contributed by atoms with van der Waals surface area (Å²) in [7, 11) is 0. The van der Waals surface area contributed by atoms with E-state index in [2.05, 4.69) is 19.2 Å². The first-order valence-electron chi connectivity index (χ1n) is 7.99. The molecule has 1 atom stereocenters. The van der Waals surface area contributed by atoms with Crippen LogP contribution in [0, 0.1) is 0 Å². The molecule has 128 valence electrons. The lowest BCUT2D eigenvalue weighted by Gasteiger charge is -2.32. The number of carboxylic acids is 1. The monoisotopic (exact) mass is 329 g/mol. The molecule has 0 aliphatic heterocycles. The van der Waals surface area contributed by atoms with Crippen molar-refractivity contribution in [2.24, 2.45) is 0 Å². The third-order valence-electron chi connectivity index (χ3n) is 4.53. The Morgan fingerprint density at radius 2 is 1.88 bits per heavy atom. The highest BCUT2D eigenvalue weighted by Gasteiger charge is 2.30. The number of aryl methyl sites for hydroxylation is 1. The Balaban J connectivity index is 2.19. The molecule has 0 fully saturated rings. The van der Waals surface area contributed by atoms with Crippen LogP contribution in [0.2, 0.25) is 0 Å². The minimum atomic E-state index is -1.09. The lowest BCUT2D eigenvalue weighted by molar-refractivity contribution is 0.0694. The van der Waals surface area contributed by atoms with E-state index in [0.717, 1.165) is 5.56 Å². The highest BCUT2D eigenvalue weighted by atomic mass is 16.4. The number of hydrogen-bond donors (Lipinski definition) is 2. The topological polar surface area (TPSA) is 79.5 Å². The average molecular weight is 329 g/mol. The van der Waals surface area contributed by atoms with Gasteiger partial charge < -0.3 is 14.8 Å². The van der Waals surface area contributed by atoms with Crippen molar-refractivity contribution < 1.29 is 19.1 Å². The van der Waals surface area contributed by atoms with Crippen molar-refractivity contribution in [1.82, 2.24) is 5.32 Å². The normalized spacial score (nSPS) is 12.7. The number of hydrogen-bond acceptors (Lipinski definition) is 3. The van der Waals surface area contributed by atoms with Gasteiger partial charge in [-0.25, -0.2) is 4.79 Å². The minimum absolute atomic E-state index is 0.0277. The zero-order chi connectivity index (χ0) is 17.9. The van der Waals surface area contributed by atoms with Gasteiger partial charge >= 0.3 is 5.97 Å². The third-order valence-corrected chi connectivity index (χ3v) is 4.53. The summed E-state index contributed by atoms with van der Waals surface area (Å²) in [4.78, 5) is 23.6. The molecule has 1 aromatic carbocycles. The molecule has 0 spiro atoms. The van der Waals surface area contributed by atoms with E-state index in [9.17, 15) is 9.59 Å². The fraction of sp³-hybridized carbons (Fsp3) is 0.368. The molecule has 2 rings (SSSR count). The molecule has 0 saturated heterocycles. The van der Waals surface area contributed by atoms with Crippen molar-refractivity contribution in [3.05, 3.63) is 59.0 Å². The molecule has 0 aliphatic rings. The van der Waals surface area contributed by atoms with E-state index in [-0.39, 0.29) is 22.8 Å². The van der Waals surface area contributed by atoms with Crippen LogP contribution >= 0.6 is 0 Å². The molecule has 5 nitrogen and oxygen atoms in total. The number of benzene rings is 1. The van der Waals surface area contributed by atoms with E-state index >= 15 is 0 Å². The summed E-state index contributed by atoms with van der Waals surface area (Å²) in [5.74, 6) is -1.16. The van der Waals surface area contributed by atoms with Crippen molar-refractivity contribution in [1.29, 1.82) is 0 Å². The first kappa shape index (κ1) is 17.8. The number of carbonyl (C=O) groups is 2. The summed E-state index contributed by atoms with van der Waals surface area (Å²) < 4.78 is 5.41. The molecule has 5 heteroatoms. The summed E-state index contributed by atoms with van der Waals surface area (Å²) in [5, 5.41) is 12.1. The van der Waals surface area contributed by atoms with Gasteiger partial charge in [-0.1, -0.05) is 51.1 Å². The van der Waals surface area contributed by atoms with Crippen LogP contribution in [0.3, 0.4) is 0 Å². The fourth-order valence-corrected chi connectivity index (χ4v) is 2.55. The average Bonchev–Trinajstić information content (AvgIpc) is 3.00. The molecule has 1 amide bonds. The second kappa shape index (κ2) is 6.91. The molecule has 2 aromatic rings. The van der Waals surface area contributed by atoms with Gasteiger partial charge in [0.2, 0.25) is 0 Å². The number of amides is 1. The lowest BCUT2D eigenvalue weighted by atomic mass is 9.78. The first-order valence-corrected chi connectivity index (χ1v) is 7.99. The van der Waals surface area contributed by atoms with E-state index < -0.39 is 11.9 Å². The van der Waals surface area contributed by atoms with Crippen molar-refractivity contribution in [3.63, 3.8) is 0 Å². The van der Waals surface area contributed by atoms with Crippen molar-refractivity contribution in [2.45, 2.75) is 45.6 Å². The maximum absolute atomic E-state index is 12.4. The quantitative estimate of drug-likeness (QED) is 0.848. The molecule has 1 heterocycles. The van der Waals surface area contributed by atoms with E-state index in [0.29, 0.717) is 12.2 Å². The summed E-state index contributed by atoms with van der Waals surface area (Å²) >= 11 is 0. The van der Waals surface area contributed by atoms with Gasteiger partial charge in [-0.2, -0.15) is 0 Å². The Morgan fingerprint density at radius 3 is 2.38 bits per heavy atom. The van der Waals surface area contributed by atoms with Gasteiger partial charge in [0.25, 0.3) is 5.91 Å². The van der Waals surface area contributed by atoms with E-state index in [1.807, 2.05) is 37.3 Å². The van der Waals surface area contributed by atoms with Gasteiger partial charge in [0.1, 0.15) is 11.3 Å². The smallest absolute Gasteiger partial charge is 0.339 e. The minimum Gasteiger partial charge on any atom is -0.478 e. The Labute approximate surface area is 141 Å². The lowest BCUT2D eigenvalue weighted by Crippen LogP contribution is -2.45. The molecule has 0 aliphatic carbocycles. The first-order chi connectivity index (χ1) is 11.3. The summed E-state index contributed by atoms with van der Waals surface area (Å²) in [6.07, 6.45) is 0.417. The third kappa shape index (κ3) is 3.50. The van der Waals surface area contributed by atoms with Gasteiger partial charge in [-0.3, -0.25) is 4.79 Å². The predicted molar refractivity (Wildman–Crippen MR) is 91.4 cm³/mol. The van der Waals surface area contributed by atoms with Crippen LogP contribution in [-0.2, 0) is 11.8 Å². The molecule has 0 radical (unpaired) electrons. The fourth-order valence-electron chi connectivity index (χ4n) is 2.55. The van der Waals surface area contributed by atoms with Crippen LogP contribution < -0.4 is 5.32 Å².